The summed E-state index contributed by atoms with van der Waals surface area (Å²) >= 11 is 5.73. The first-order valence-corrected chi connectivity index (χ1v) is 5.95. The number of rotatable bonds is 7. The molecule has 0 bridgehead atoms. The van der Waals surface area contributed by atoms with Crippen molar-refractivity contribution in [3.63, 3.8) is 0 Å². The van der Waals surface area contributed by atoms with Crippen molar-refractivity contribution < 1.29 is 4.74 Å². The summed E-state index contributed by atoms with van der Waals surface area (Å²) in [7, 11) is 1.73. The SMILES string of the molecule is COCCCCNC(C)c1ccc(Cl)nc1. The van der Waals surface area contributed by atoms with Crippen LogP contribution in [0.1, 0.15) is 31.4 Å². The van der Waals surface area contributed by atoms with Gasteiger partial charge in [0.1, 0.15) is 5.15 Å². The second-order valence-corrected chi connectivity index (χ2v) is 4.18. The number of methoxy groups -OCH3 is 1. The van der Waals surface area contributed by atoms with E-state index in [1.165, 1.54) is 0 Å². The monoisotopic (exact) mass is 242 g/mol. The molecule has 4 heteroatoms. The van der Waals surface area contributed by atoms with Crippen LogP contribution in [0.3, 0.4) is 0 Å². The Labute approximate surface area is 102 Å². The minimum Gasteiger partial charge on any atom is -0.385 e. The summed E-state index contributed by atoms with van der Waals surface area (Å²) in [6.07, 6.45) is 4.03. The van der Waals surface area contributed by atoms with Gasteiger partial charge in [0, 0.05) is 26.0 Å². The van der Waals surface area contributed by atoms with Crippen molar-refractivity contribution in [2.75, 3.05) is 20.3 Å². The molecule has 0 spiro atoms. The summed E-state index contributed by atoms with van der Waals surface area (Å²) in [6.45, 7) is 3.95. The van der Waals surface area contributed by atoms with E-state index < -0.39 is 0 Å². The fraction of sp³-hybridized carbons (Fsp3) is 0.583. The molecule has 0 saturated carbocycles. The summed E-state index contributed by atoms with van der Waals surface area (Å²) in [5.74, 6) is 0. The van der Waals surface area contributed by atoms with E-state index in [0.717, 1.165) is 31.6 Å². The van der Waals surface area contributed by atoms with Crippen molar-refractivity contribution in [2.24, 2.45) is 0 Å². The van der Waals surface area contributed by atoms with Crippen LogP contribution in [0.25, 0.3) is 0 Å². The molecule has 0 fully saturated rings. The van der Waals surface area contributed by atoms with E-state index in [4.69, 9.17) is 16.3 Å². The maximum Gasteiger partial charge on any atom is 0.129 e. The van der Waals surface area contributed by atoms with Crippen LogP contribution in [-0.2, 0) is 4.74 Å². The molecule has 0 aliphatic heterocycles. The van der Waals surface area contributed by atoms with Gasteiger partial charge in [0.15, 0.2) is 0 Å². The molecule has 0 aromatic carbocycles. The number of halogens is 1. The summed E-state index contributed by atoms with van der Waals surface area (Å²) in [5.41, 5.74) is 1.16. The van der Waals surface area contributed by atoms with Gasteiger partial charge in [0.05, 0.1) is 0 Å². The first-order chi connectivity index (χ1) is 7.74. The van der Waals surface area contributed by atoms with Gasteiger partial charge >= 0.3 is 0 Å². The lowest BCUT2D eigenvalue weighted by atomic mass is 10.1. The first-order valence-electron chi connectivity index (χ1n) is 5.58. The van der Waals surface area contributed by atoms with E-state index in [-0.39, 0.29) is 0 Å². The van der Waals surface area contributed by atoms with Gasteiger partial charge in [0.25, 0.3) is 0 Å². The highest BCUT2D eigenvalue weighted by molar-refractivity contribution is 6.29. The standard InChI is InChI=1S/C12H19ClN2O/c1-10(14-7-3-4-8-16-2)11-5-6-12(13)15-9-11/h5-6,9-10,14H,3-4,7-8H2,1-2H3. The fourth-order valence-corrected chi connectivity index (χ4v) is 1.56. The molecular formula is C12H19ClN2O. The lowest BCUT2D eigenvalue weighted by Crippen LogP contribution is -2.20. The van der Waals surface area contributed by atoms with E-state index >= 15 is 0 Å². The van der Waals surface area contributed by atoms with Gasteiger partial charge in [0.2, 0.25) is 0 Å². The number of nitrogens with zero attached hydrogens (tertiary/aromatic N) is 1. The maximum absolute atomic E-state index is 5.73. The Morgan fingerprint density at radius 3 is 2.88 bits per heavy atom. The molecule has 1 unspecified atom stereocenters. The van der Waals surface area contributed by atoms with Gasteiger partial charge < -0.3 is 10.1 Å². The van der Waals surface area contributed by atoms with E-state index in [1.807, 2.05) is 18.3 Å². The first kappa shape index (κ1) is 13.4. The van der Waals surface area contributed by atoms with Gasteiger partial charge in [-0.3, -0.25) is 0 Å². The van der Waals surface area contributed by atoms with Crippen molar-refractivity contribution >= 4 is 11.6 Å². The van der Waals surface area contributed by atoms with Crippen LogP contribution in [-0.4, -0.2) is 25.2 Å². The Kier molecular flexibility index (Phi) is 6.38. The molecule has 1 rings (SSSR count). The number of nitrogens with one attached hydrogen (secondary N) is 1. The second-order valence-electron chi connectivity index (χ2n) is 3.79. The number of unbranched alkanes of at least 4 members (excludes halogenated alkanes) is 1. The van der Waals surface area contributed by atoms with Gasteiger partial charge in [-0.25, -0.2) is 4.98 Å². The lowest BCUT2D eigenvalue weighted by molar-refractivity contribution is 0.192. The minimum absolute atomic E-state index is 0.312. The average Bonchev–Trinajstić information content (AvgIpc) is 2.29. The van der Waals surface area contributed by atoms with Gasteiger partial charge in [-0.2, -0.15) is 0 Å². The van der Waals surface area contributed by atoms with Crippen LogP contribution >= 0.6 is 11.6 Å². The lowest BCUT2D eigenvalue weighted by Gasteiger charge is -2.13. The molecule has 3 nitrogen and oxygen atoms in total. The van der Waals surface area contributed by atoms with Crippen LogP contribution in [0.2, 0.25) is 5.15 Å². The molecule has 1 atom stereocenters. The van der Waals surface area contributed by atoms with Crippen LogP contribution in [0, 0.1) is 0 Å². The normalized spacial score (nSPS) is 12.7. The maximum atomic E-state index is 5.73. The zero-order valence-electron chi connectivity index (χ0n) is 9.87. The van der Waals surface area contributed by atoms with Crippen molar-refractivity contribution in [1.82, 2.24) is 10.3 Å². The smallest absolute Gasteiger partial charge is 0.129 e. The highest BCUT2D eigenvalue weighted by Gasteiger charge is 2.04. The van der Waals surface area contributed by atoms with E-state index in [0.29, 0.717) is 11.2 Å². The topological polar surface area (TPSA) is 34.1 Å². The van der Waals surface area contributed by atoms with Gasteiger partial charge in [-0.05, 0) is 37.9 Å². The van der Waals surface area contributed by atoms with Crippen molar-refractivity contribution in [3.8, 4) is 0 Å². The molecule has 90 valence electrons. The quantitative estimate of drug-likeness (QED) is 0.590. The third-order valence-electron chi connectivity index (χ3n) is 2.48. The molecule has 0 radical (unpaired) electrons. The van der Waals surface area contributed by atoms with Crippen molar-refractivity contribution in [1.29, 1.82) is 0 Å². The predicted octanol–water partition coefficient (Wildman–Crippen LogP) is 2.81. The van der Waals surface area contributed by atoms with Crippen LogP contribution in [0.5, 0.6) is 0 Å². The predicted molar refractivity (Wildman–Crippen MR) is 66.8 cm³/mol. The number of ether oxygens (including phenoxy) is 1. The van der Waals surface area contributed by atoms with Gasteiger partial charge in [-0.1, -0.05) is 17.7 Å². The molecule has 1 heterocycles. The molecular weight excluding hydrogens is 224 g/mol. The number of hydrogen-bond acceptors (Lipinski definition) is 3. The molecule has 0 aliphatic carbocycles. The summed E-state index contributed by atoms with van der Waals surface area (Å²) in [5, 5.41) is 3.98. The Balaban J connectivity index is 2.24. The van der Waals surface area contributed by atoms with Crippen LogP contribution in [0.15, 0.2) is 18.3 Å². The third-order valence-corrected chi connectivity index (χ3v) is 2.70. The zero-order valence-corrected chi connectivity index (χ0v) is 10.6. The highest BCUT2D eigenvalue weighted by atomic mass is 35.5. The van der Waals surface area contributed by atoms with Crippen LogP contribution in [0.4, 0.5) is 0 Å². The van der Waals surface area contributed by atoms with E-state index in [2.05, 4.69) is 17.2 Å². The number of aromatic nitrogens is 1. The van der Waals surface area contributed by atoms with Crippen LogP contribution < -0.4 is 5.32 Å². The molecule has 0 amide bonds. The van der Waals surface area contributed by atoms with E-state index in [1.54, 1.807) is 7.11 Å². The number of hydrogen-bond donors (Lipinski definition) is 1. The minimum atomic E-state index is 0.312. The van der Waals surface area contributed by atoms with E-state index in [9.17, 15) is 0 Å². The van der Waals surface area contributed by atoms with Crippen molar-refractivity contribution in [3.05, 3.63) is 29.0 Å². The molecule has 1 aromatic rings. The fourth-order valence-electron chi connectivity index (χ4n) is 1.45. The Hall–Kier alpha value is -0.640. The Bertz CT molecular complexity index is 290. The largest absolute Gasteiger partial charge is 0.385 e. The molecule has 1 aromatic heterocycles. The Morgan fingerprint density at radius 2 is 2.25 bits per heavy atom. The zero-order chi connectivity index (χ0) is 11.8. The third kappa shape index (κ3) is 4.92. The second kappa shape index (κ2) is 7.60. The summed E-state index contributed by atoms with van der Waals surface area (Å²) in [4.78, 5) is 4.06. The Morgan fingerprint density at radius 1 is 1.44 bits per heavy atom. The molecule has 1 N–H and O–H groups in total. The average molecular weight is 243 g/mol. The highest BCUT2D eigenvalue weighted by Crippen LogP contribution is 2.13. The summed E-state index contributed by atoms with van der Waals surface area (Å²) in [6, 6.07) is 4.13. The number of pyridine rings is 1. The summed E-state index contributed by atoms with van der Waals surface area (Å²) < 4.78 is 4.99. The van der Waals surface area contributed by atoms with Crippen molar-refractivity contribution in [2.45, 2.75) is 25.8 Å². The molecule has 16 heavy (non-hydrogen) atoms. The van der Waals surface area contributed by atoms with Gasteiger partial charge in [-0.15, -0.1) is 0 Å². The molecule has 0 aliphatic rings. The molecule has 0 saturated heterocycles.